The molecule has 0 aliphatic rings. The minimum Gasteiger partial charge on any atom is -0.351 e. The number of alkyl halides is 1. The second-order valence-corrected chi connectivity index (χ2v) is 4.66. The van der Waals surface area contributed by atoms with Gasteiger partial charge < -0.3 is 5.73 Å². The van der Waals surface area contributed by atoms with Gasteiger partial charge in [0.25, 0.3) is 0 Å². The number of nitrogens with two attached hydrogens (primary N) is 1. The van der Waals surface area contributed by atoms with Crippen molar-refractivity contribution in [3.05, 3.63) is 5.01 Å². The summed E-state index contributed by atoms with van der Waals surface area (Å²) >= 11 is 7.04. The van der Waals surface area contributed by atoms with Crippen molar-refractivity contribution in [3.63, 3.8) is 0 Å². The van der Waals surface area contributed by atoms with Gasteiger partial charge in [-0.25, -0.2) is 4.79 Å². The van der Waals surface area contributed by atoms with E-state index in [2.05, 4.69) is 15.5 Å². The lowest BCUT2D eigenvalue weighted by molar-refractivity contribution is 0.259. The minimum atomic E-state index is -0.642. The van der Waals surface area contributed by atoms with Gasteiger partial charge >= 0.3 is 6.03 Å². The molecule has 0 aliphatic heterocycles. The number of halogens is 1. The highest BCUT2D eigenvalue weighted by atomic mass is 35.5. The third kappa shape index (κ3) is 2.55. The Morgan fingerprint density at radius 3 is 2.79 bits per heavy atom. The summed E-state index contributed by atoms with van der Waals surface area (Å²) in [5.41, 5.74) is 4.70. The summed E-state index contributed by atoms with van der Waals surface area (Å²) in [5.74, 6) is 0.443. The van der Waals surface area contributed by atoms with E-state index in [4.69, 9.17) is 17.3 Å². The van der Waals surface area contributed by atoms with Crippen LogP contribution in [0.25, 0.3) is 0 Å². The molecule has 0 bridgehead atoms. The average molecular weight is 235 g/mol. The van der Waals surface area contributed by atoms with Gasteiger partial charge in [-0.15, -0.1) is 21.8 Å². The maximum atomic E-state index is 10.5. The van der Waals surface area contributed by atoms with Crippen molar-refractivity contribution < 1.29 is 4.79 Å². The zero-order valence-corrected chi connectivity index (χ0v) is 9.45. The summed E-state index contributed by atoms with van der Waals surface area (Å²) in [6.45, 7) is 3.91. The molecule has 0 unspecified atom stereocenters. The molecular formula is C7H11ClN4OS. The highest BCUT2D eigenvalue weighted by Crippen LogP contribution is 2.29. The largest absolute Gasteiger partial charge is 0.351 e. The topological polar surface area (TPSA) is 80.9 Å². The SMILES string of the molecule is CC(C)(CCl)c1nnc(NC(N)=O)s1. The van der Waals surface area contributed by atoms with Gasteiger partial charge in [0.05, 0.1) is 0 Å². The summed E-state index contributed by atoms with van der Waals surface area (Å²) in [6, 6.07) is -0.642. The molecule has 1 aromatic heterocycles. The number of urea groups is 1. The van der Waals surface area contributed by atoms with Crippen molar-refractivity contribution in [2.45, 2.75) is 19.3 Å². The summed E-state index contributed by atoms with van der Waals surface area (Å²) < 4.78 is 0. The molecule has 2 amide bonds. The predicted molar refractivity (Wildman–Crippen MR) is 56.9 cm³/mol. The first kappa shape index (κ1) is 11.2. The van der Waals surface area contributed by atoms with E-state index in [1.165, 1.54) is 11.3 Å². The third-order valence-corrected chi connectivity index (χ3v) is 3.44. The fourth-order valence-corrected chi connectivity index (χ4v) is 1.76. The summed E-state index contributed by atoms with van der Waals surface area (Å²) in [5, 5.41) is 11.2. The summed E-state index contributed by atoms with van der Waals surface area (Å²) in [6.07, 6.45) is 0. The molecule has 0 spiro atoms. The van der Waals surface area contributed by atoms with E-state index in [0.29, 0.717) is 11.0 Å². The number of anilines is 1. The Hall–Kier alpha value is -0.880. The molecule has 1 rings (SSSR count). The second kappa shape index (κ2) is 4.10. The average Bonchev–Trinajstić information content (AvgIpc) is 2.52. The molecule has 0 atom stereocenters. The Kier molecular flexibility index (Phi) is 3.28. The normalized spacial score (nSPS) is 11.4. The van der Waals surface area contributed by atoms with Gasteiger partial charge in [-0.2, -0.15) is 0 Å². The van der Waals surface area contributed by atoms with Gasteiger partial charge in [0, 0.05) is 11.3 Å². The van der Waals surface area contributed by atoms with Gasteiger partial charge in [0.2, 0.25) is 5.13 Å². The predicted octanol–water partition coefficient (Wildman–Crippen LogP) is 1.55. The molecule has 5 nitrogen and oxygen atoms in total. The highest BCUT2D eigenvalue weighted by molar-refractivity contribution is 7.15. The number of aromatic nitrogens is 2. The van der Waals surface area contributed by atoms with E-state index in [1.54, 1.807) is 0 Å². The molecule has 78 valence electrons. The fraction of sp³-hybridized carbons (Fsp3) is 0.571. The first-order valence-corrected chi connectivity index (χ1v) is 5.27. The summed E-state index contributed by atoms with van der Waals surface area (Å²) in [7, 11) is 0. The number of hydrogen-bond donors (Lipinski definition) is 2. The Bertz CT molecular complexity index is 338. The molecule has 0 aliphatic carbocycles. The molecule has 3 N–H and O–H groups in total. The third-order valence-electron chi connectivity index (χ3n) is 1.57. The van der Waals surface area contributed by atoms with E-state index < -0.39 is 6.03 Å². The number of carbonyl (C=O) groups excluding carboxylic acids is 1. The Labute approximate surface area is 90.7 Å². The summed E-state index contributed by atoms with van der Waals surface area (Å²) in [4.78, 5) is 10.5. The molecule has 14 heavy (non-hydrogen) atoms. The fourth-order valence-electron chi connectivity index (χ4n) is 0.710. The van der Waals surface area contributed by atoms with Gasteiger partial charge in [-0.05, 0) is 0 Å². The molecular weight excluding hydrogens is 224 g/mol. The van der Waals surface area contributed by atoms with E-state index >= 15 is 0 Å². The molecule has 0 saturated heterocycles. The number of primary amides is 1. The maximum absolute atomic E-state index is 10.5. The monoisotopic (exact) mass is 234 g/mol. The number of nitrogens with one attached hydrogen (secondary N) is 1. The lowest BCUT2D eigenvalue weighted by Gasteiger charge is -2.16. The van der Waals surface area contributed by atoms with Crippen LogP contribution in [-0.4, -0.2) is 22.1 Å². The molecule has 1 heterocycles. The van der Waals surface area contributed by atoms with Crippen LogP contribution in [0.1, 0.15) is 18.9 Å². The zero-order valence-electron chi connectivity index (χ0n) is 7.87. The van der Waals surface area contributed by atoms with Crippen LogP contribution in [0.3, 0.4) is 0 Å². The number of nitrogens with zero attached hydrogens (tertiary/aromatic N) is 2. The molecule has 0 fully saturated rings. The van der Waals surface area contributed by atoms with Gasteiger partial charge in [0.1, 0.15) is 5.01 Å². The van der Waals surface area contributed by atoms with E-state index in [-0.39, 0.29) is 5.41 Å². The number of rotatable bonds is 3. The van der Waals surface area contributed by atoms with Crippen LogP contribution in [0, 0.1) is 0 Å². The van der Waals surface area contributed by atoms with Crippen LogP contribution >= 0.6 is 22.9 Å². The number of hydrogen-bond acceptors (Lipinski definition) is 4. The van der Waals surface area contributed by atoms with Crippen molar-refractivity contribution in [3.8, 4) is 0 Å². The smallest absolute Gasteiger partial charge is 0.318 e. The van der Waals surface area contributed by atoms with Crippen LogP contribution in [0.2, 0.25) is 0 Å². The van der Waals surface area contributed by atoms with E-state index in [1.807, 2.05) is 13.8 Å². The molecule has 1 aromatic rings. The van der Waals surface area contributed by atoms with Crippen molar-refractivity contribution in [2.75, 3.05) is 11.2 Å². The Balaban J connectivity index is 2.82. The van der Waals surface area contributed by atoms with Crippen LogP contribution in [0.5, 0.6) is 0 Å². The van der Waals surface area contributed by atoms with Crippen molar-refractivity contribution in [1.29, 1.82) is 0 Å². The number of amides is 2. The lowest BCUT2D eigenvalue weighted by Crippen LogP contribution is -2.19. The second-order valence-electron chi connectivity index (χ2n) is 3.42. The molecule has 0 saturated carbocycles. The lowest BCUT2D eigenvalue weighted by atomic mass is 9.98. The zero-order chi connectivity index (χ0) is 10.8. The Morgan fingerprint density at radius 2 is 2.29 bits per heavy atom. The molecule has 0 aromatic carbocycles. The van der Waals surface area contributed by atoms with Crippen molar-refractivity contribution in [2.24, 2.45) is 5.73 Å². The minimum absolute atomic E-state index is 0.239. The quantitative estimate of drug-likeness (QED) is 0.779. The van der Waals surface area contributed by atoms with Crippen molar-refractivity contribution in [1.82, 2.24) is 10.2 Å². The maximum Gasteiger partial charge on any atom is 0.318 e. The van der Waals surface area contributed by atoms with Crippen molar-refractivity contribution >= 4 is 34.1 Å². The van der Waals surface area contributed by atoms with Crippen LogP contribution in [0.15, 0.2) is 0 Å². The van der Waals surface area contributed by atoms with E-state index in [9.17, 15) is 4.79 Å². The van der Waals surface area contributed by atoms with Crippen LogP contribution in [0.4, 0.5) is 9.93 Å². The standard InChI is InChI=1S/C7H11ClN4OS/c1-7(2,3-8)4-11-12-6(14-4)10-5(9)13/h3H2,1-2H3,(H3,9,10,12,13). The molecule has 7 heteroatoms. The highest BCUT2D eigenvalue weighted by Gasteiger charge is 2.24. The van der Waals surface area contributed by atoms with Crippen LogP contribution < -0.4 is 11.1 Å². The molecule has 0 radical (unpaired) electrons. The first-order chi connectivity index (χ1) is 6.45. The Morgan fingerprint density at radius 1 is 1.64 bits per heavy atom. The van der Waals surface area contributed by atoms with Gasteiger partial charge in [-0.1, -0.05) is 25.2 Å². The first-order valence-electron chi connectivity index (χ1n) is 3.92. The van der Waals surface area contributed by atoms with Crippen LogP contribution in [-0.2, 0) is 5.41 Å². The number of carbonyl (C=O) groups is 1. The van der Waals surface area contributed by atoms with Gasteiger partial charge in [-0.3, -0.25) is 5.32 Å². The van der Waals surface area contributed by atoms with Gasteiger partial charge in [0.15, 0.2) is 0 Å². The van der Waals surface area contributed by atoms with E-state index in [0.717, 1.165) is 5.01 Å².